The van der Waals surface area contributed by atoms with Crippen molar-refractivity contribution >= 4 is 15.9 Å². The summed E-state index contributed by atoms with van der Waals surface area (Å²) in [4.78, 5) is 12.1. The predicted molar refractivity (Wildman–Crippen MR) is 66.0 cm³/mol. The molecule has 4 aliphatic rings. The molecular weight excluding hydrogens is 250 g/mol. The lowest BCUT2D eigenvalue weighted by atomic mass is 10.0. The molecule has 0 heterocycles. The van der Waals surface area contributed by atoms with Gasteiger partial charge in [-0.3, -0.25) is 9.52 Å². The van der Waals surface area contributed by atoms with Gasteiger partial charge in [-0.1, -0.05) is 0 Å². The van der Waals surface area contributed by atoms with E-state index in [9.17, 15) is 13.2 Å². The molecule has 4 aliphatic carbocycles. The highest BCUT2D eigenvalue weighted by molar-refractivity contribution is 7.90. The van der Waals surface area contributed by atoms with Crippen LogP contribution in [0.5, 0.6) is 0 Å². The second-order valence-corrected chi connectivity index (χ2v) is 8.47. The maximum absolute atomic E-state index is 12.1. The molecular formula is C13H19NO3S. The van der Waals surface area contributed by atoms with Gasteiger partial charge in [0.05, 0.1) is 5.75 Å². The van der Waals surface area contributed by atoms with E-state index >= 15 is 0 Å². The normalized spacial score (nSPS) is 44.8. The van der Waals surface area contributed by atoms with Gasteiger partial charge in [-0.2, -0.15) is 0 Å². The number of fused-ring (bicyclic) bond motifs is 5. The van der Waals surface area contributed by atoms with Crippen LogP contribution in [-0.2, 0) is 14.8 Å². The van der Waals surface area contributed by atoms with Crippen molar-refractivity contribution in [1.82, 2.24) is 4.72 Å². The molecule has 4 rings (SSSR count). The smallest absolute Gasteiger partial charge is 0.237 e. The van der Waals surface area contributed by atoms with Crippen LogP contribution in [0, 0.1) is 35.5 Å². The van der Waals surface area contributed by atoms with E-state index in [0.717, 1.165) is 12.8 Å². The van der Waals surface area contributed by atoms with Crippen molar-refractivity contribution in [2.75, 3.05) is 5.75 Å². The summed E-state index contributed by atoms with van der Waals surface area (Å²) in [6.45, 7) is 0. The lowest BCUT2D eigenvalue weighted by Gasteiger charge is -2.09. The molecule has 4 nitrogen and oxygen atoms in total. The molecule has 100 valence electrons. The summed E-state index contributed by atoms with van der Waals surface area (Å²) in [7, 11) is -3.37. The molecule has 5 atom stereocenters. The van der Waals surface area contributed by atoms with E-state index in [1.807, 2.05) is 0 Å². The Bertz CT molecular complexity index is 480. The zero-order chi connectivity index (χ0) is 12.5. The summed E-state index contributed by atoms with van der Waals surface area (Å²) in [5.74, 6) is 2.70. The average Bonchev–Trinajstić information content (AvgIpc) is 3.17. The van der Waals surface area contributed by atoms with Gasteiger partial charge in [-0.25, -0.2) is 8.42 Å². The molecule has 1 N–H and O–H groups in total. The number of sulfonamides is 1. The summed E-state index contributed by atoms with van der Waals surface area (Å²) < 4.78 is 25.9. The van der Waals surface area contributed by atoms with Crippen LogP contribution in [-0.4, -0.2) is 20.1 Å². The number of rotatable bonds is 4. The minimum atomic E-state index is -3.37. The summed E-state index contributed by atoms with van der Waals surface area (Å²) in [5.41, 5.74) is 0. The monoisotopic (exact) mass is 269 g/mol. The zero-order valence-electron chi connectivity index (χ0n) is 10.3. The fraction of sp³-hybridized carbons (Fsp3) is 0.923. The van der Waals surface area contributed by atoms with Crippen LogP contribution in [0.15, 0.2) is 0 Å². The molecule has 0 aliphatic heterocycles. The van der Waals surface area contributed by atoms with Crippen molar-refractivity contribution in [3.63, 3.8) is 0 Å². The second kappa shape index (κ2) is 3.50. The Kier molecular flexibility index (Phi) is 2.19. The third-order valence-electron chi connectivity index (χ3n) is 5.45. The van der Waals surface area contributed by atoms with Gasteiger partial charge in [0.25, 0.3) is 0 Å². The van der Waals surface area contributed by atoms with Crippen molar-refractivity contribution in [3.05, 3.63) is 0 Å². The van der Waals surface area contributed by atoms with Gasteiger partial charge < -0.3 is 0 Å². The minimum Gasteiger partial charge on any atom is -0.274 e. The van der Waals surface area contributed by atoms with Crippen LogP contribution in [0.1, 0.15) is 32.1 Å². The quantitative estimate of drug-likeness (QED) is 0.832. The highest BCUT2D eigenvalue weighted by atomic mass is 32.2. The van der Waals surface area contributed by atoms with Crippen molar-refractivity contribution in [3.8, 4) is 0 Å². The van der Waals surface area contributed by atoms with E-state index in [1.165, 1.54) is 19.3 Å². The lowest BCUT2D eigenvalue weighted by molar-refractivity contribution is -0.121. The summed E-state index contributed by atoms with van der Waals surface area (Å²) in [6, 6.07) is 0. The number of amides is 1. The number of carbonyl (C=O) groups is 1. The Morgan fingerprint density at radius 2 is 1.67 bits per heavy atom. The highest BCUT2D eigenvalue weighted by Crippen LogP contribution is 2.69. The molecule has 4 fully saturated rings. The summed E-state index contributed by atoms with van der Waals surface area (Å²) in [5, 5.41) is 0. The zero-order valence-corrected chi connectivity index (χ0v) is 11.2. The second-order valence-electron chi connectivity index (χ2n) is 6.70. The molecule has 0 aromatic rings. The SMILES string of the molecule is O=C(NS(=O)(=O)CC1CC1)C1[C@@H]2[C@H]3CC[C@H](C3)[C@H]12. The molecule has 0 aromatic carbocycles. The van der Waals surface area contributed by atoms with E-state index in [0.29, 0.717) is 29.6 Å². The molecule has 4 saturated carbocycles. The van der Waals surface area contributed by atoms with Crippen molar-refractivity contribution in [1.29, 1.82) is 0 Å². The Morgan fingerprint density at radius 3 is 2.22 bits per heavy atom. The molecule has 18 heavy (non-hydrogen) atoms. The van der Waals surface area contributed by atoms with Crippen LogP contribution >= 0.6 is 0 Å². The van der Waals surface area contributed by atoms with Crippen LogP contribution in [0.4, 0.5) is 0 Å². The van der Waals surface area contributed by atoms with E-state index in [2.05, 4.69) is 4.72 Å². The molecule has 5 heteroatoms. The molecule has 0 aromatic heterocycles. The molecule has 0 radical (unpaired) electrons. The fourth-order valence-electron chi connectivity index (χ4n) is 4.53. The Balaban J connectivity index is 1.40. The lowest BCUT2D eigenvalue weighted by Crippen LogP contribution is -2.35. The number of hydrogen-bond donors (Lipinski definition) is 1. The van der Waals surface area contributed by atoms with Gasteiger partial charge >= 0.3 is 0 Å². The van der Waals surface area contributed by atoms with Gasteiger partial charge in [-0.15, -0.1) is 0 Å². The molecule has 0 spiro atoms. The van der Waals surface area contributed by atoms with Crippen LogP contribution < -0.4 is 4.72 Å². The van der Waals surface area contributed by atoms with Crippen molar-refractivity contribution in [2.24, 2.45) is 35.5 Å². The topological polar surface area (TPSA) is 63.2 Å². The van der Waals surface area contributed by atoms with E-state index in [1.54, 1.807) is 0 Å². The molecule has 1 amide bonds. The highest BCUT2D eigenvalue weighted by Gasteiger charge is 2.67. The number of carbonyl (C=O) groups excluding carboxylic acids is 1. The number of hydrogen-bond acceptors (Lipinski definition) is 3. The first-order valence-corrected chi connectivity index (χ1v) is 8.75. The van der Waals surface area contributed by atoms with Gasteiger partial charge in [-0.05, 0) is 61.7 Å². The van der Waals surface area contributed by atoms with Crippen LogP contribution in [0.2, 0.25) is 0 Å². The maximum Gasteiger partial charge on any atom is 0.237 e. The van der Waals surface area contributed by atoms with E-state index in [-0.39, 0.29) is 17.6 Å². The van der Waals surface area contributed by atoms with Crippen molar-refractivity contribution in [2.45, 2.75) is 32.1 Å². The first-order chi connectivity index (χ1) is 8.55. The van der Waals surface area contributed by atoms with Gasteiger partial charge in [0.15, 0.2) is 0 Å². The first kappa shape index (κ1) is 11.3. The van der Waals surface area contributed by atoms with E-state index in [4.69, 9.17) is 0 Å². The fourth-order valence-corrected chi connectivity index (χ4v) is 6.01. The molecule has 1 unspecified atom stereocenters. The third-order valence-corrected chi connectivity index (χ3v) is 6.87. The average molecular weight is 269 g/mol. The maximum atomic E-state index is 12.1. The summed E-state index contributed by atoms with van der Waals surface area (Å²) >= 11 is 0. The van der Waals surface area contributed by atoms with Gasteiger partial charge in [0.1, 0.15) is 0 Å². The molecule has 2 bridgehead atoms. The van der Waals surface area contributed by atoms with Gasteiger partial charge in [0.2, 0.25) is 15.9 Å². The van der Waals surface area contributed by atoms with Crippen LogP contribution in [0.3, 0.4) is 0 Å². The largest absolute Gasteiger partial charge is 0.274 e. The molecule has 0 saturated heterocycles. The number of nitrogens with one attached hydrogen (secondary N) is 1. The Morgan fingerprint density at radius 1 is 1.06 bits per heavy atom. The third kappa shape index (κ3) is 1.70. The Hall–Kier alpha value is -0.580. The van der Waals surface area contributed by atoms with Gasteiger partial charge in [0, 0.05) is 5.92 Å². The van der Waals surface area contributed by atoms with Crippen molar-refractivity contribution < 1.29 is 13.2 Å². The minimum absolute atomic E-state index is 0.0187. The first-order valence-electron chi connectivity index (χ1n) is 7.09. The standard InChI is InChI=1S/C13H19NO3S/c15-13(14-18(16,17)6-7-1-2-7)12-10-8-3-4-9(5-8)11(10)12/h7-12H,1-6H2,(H,14,15)/t8-,9+,10+,11-,12?. The Labute approximate surface area is 108 Å². The van der Waals surface area contributed by atoms with E-state index < -0.39 is 10.0 Å². The predicted octanol–water partition coefficient (Wildman–Crippen LogP) is 1.13. The summed E-state index contributed by atoms with van der Waals surface area (Å²) in [6.07, 6.45) is 5.78. The van der Waals surface area contributed by atoms with Crippen LogP contribution in [0.25, 0.3) is 0 Å².